The van der Waals surface area contributed by atoms with E-state index in [-0.39, 0.29) is 0 Å². The van der Waals surface area contributed by atoms with Crippen LogP contribution in [0.4, 0.5) is 0 Å². The molecule has 0 spiro atoms. The zero-order chi connectivity index (χ0) is 13.3. The smallest absolute Gasteiger partial charge is 0.0991 e. The molecule has 1 N–H and O–H groups in total. The van der Waals surface area contributed by atoms with E-state index in [1.54, 1.807) is 23.7 Å². The van der Waals surface area contributed by atoms with E-state index in [1.807, 2.05) is 26.0 Å². The number of nitriles is 1. The molecule has 0 bridgehead atoms. The van der Waals surface area contributed by atoms with Crippen LogP contribution in [0.3, 0.4) is 0 Å². The summed E-state index contributed by atoms with van der Waals surface area (Å²) in [4.78, 5) is 0. The van der Waals surface area contributed by atoms with Crippen molar-refractivity contribution in [3.05, 3.63) is 46.8 Å². The third-order valence-corrected chi connectivity index (χ3v) is 3.01. The summed E-state index contributed by atoms with van der Waals surface area (Å²) in [7, 11) is 0. The Kier molecular flexibility index (Phi) is 3.17. The van der Waals surface area contributed by atoms with E-state index < -0.39 is 6.10 Å². The summed E-state index contributed by atoms with van der Waals surface area (Å²) in [5.74, 6) is 0. The molecule has 4 heteroatoms. The van der Waals surface area contributed by atoms with Gasteiger partial charge in [-0.1, -0.05) is 0 Å². The van der Waals surface area contributed by atoms with Crippen LogP contribution < -0.4 is 0 Å². The molecule has 1 aromatic heterocycles. The third kappa shape index (κ3) is 2.01. The number of nitrogens with zero attached hydrogens (tertiary/aromatic N) is 3. The number of rotatable bonds is 2. The first-order chi connectivity index (χ1) is 8.54. The van der Waals surface area contributed by atoms with E-state index in [9.17, 15) is 5.11 Å². The van der Waals surface area contributed by atoms with Gasteiger partial charge in [0, 0.05) is 11.3 Å². The number of aromatic nitrogens is 2. The van der Waals surface area contributed by atoms with Gasteiger partial charge in [0.25, 0.3) is 0 Å². The SMILES string of the molecule is Cc1nn(-c2ccc(C#N)cc2)c(C)c1C(C)O. The lowest BCUT2D eigenvalue weighted by atomic mass is 10.1. The summed E-state index contributed by atoms with van der Waals surface area (Å²) in [5.41, 5.74) is 4.12. The molecule has 0 aliphatic rings. The highest BCUT2D eigenvalue weighted by molar-refractivity contribution is 5.42. The highest BCUT2D eigenvalue weighted by atomic mass is 16.3. The Bertz CT molecular complexity index is 603. The molecule has 4 nitrogen and oxygen atoms in total. The van der Waals surface area contributed by atoms with Gasteiger partial charge < -0.3 is 5.11 Å². The van der Waals surface area contributed by atoms with Gasteiger partial charge >= 0.3 is 0 Å². The fourth-order valence-corrected chi connectivity index (χ4v) is 2.19. The molecule has 18 heavy (non-hydrogen) atoms. The highest BCUT2D eigenvalue weighted by Crippen LogP contribution is 2.23. The van der Waals surface area contributed by atoms with Gasteiger partial charge in [-0.25, -0.2) is 4.68 Å². The molecular weight excluding hydrogens is 226 g/mol. The van der Waals surface area contributed by atoms with E-state index in [2.05, 4.69) is 11.2 Å². The van der Waals surface area contributed by atoms with Crippen molar-refractivity contribution in [2.24, 2.45) is 0 Å². The molecule has 0 aliphatic heterocycles. The van der Waals surface area contributed by atoms with Crippen LogP contribution in [0.1, 0.15) is 35.5 Å². The molecule has 1 heterocycles. The van der Waals surface area contributed by atoms with Crippen molar-refractivity contribution in [3.8, 4) is 11.8 Å². The third-order valence-electron chi connectivity index (χ3n) is 3.01. The Hall–Kier alpha value is -2.12. The number of aryl methyl sites for hydroxylation is 1. The topological polar surface area (TPSA) is 61.8 Å². The average Bonchev–Trinajstić information content (AvgIpc) is 2.65. The maximum absolute atomic E-state index is 9.73. The Labute approximate surface area is 106 Å². The van der Waals surface area contributed by atoms with Crippen LogP contribution in [-0.4, -0.2) is 14.9 Å². The number of hydrogen-bond acceptors (Lipinski definition) is 3. The zero-order valence-corrected chi connectivity index (χ0v) is 10.7. The molecule has 2 rings (SSSR count). The molecule has 1 atom stereocenters. The molecule has 1 aromatic carbocycles. The molecular formula is C14H15N3O. The Morgan fingerprint density at radius 3 is 2.33 bits per heavy atom. The van der Waals surface area contributed by atoms with Gasteiger partial charge in [0.1, 0.15) is 0 Å². The summed E-state index contributed by atoms with van der Waals surface area (Å²) in [6.45, 7) is 5.55. The molecule has 0 saturated heterocycles. The van der Waals surface area contributed by atoms with Gasteiger partial charge in [-0.05, 0) is 45.0 Å². The molecule has 0 fully saturated rings. The van der Waals surface area contributed by atoms with Crippen LogP contribution in [0.2, 0.25) is 0 Å². The quantitative estimate of drug-likeness (QED) is 0.878. The summed E-state index contributed by atoms with van der Waals surface area (Å²) in [5, 5.41) is 22.9. The fourth-order valence-electron chi connectivity index (χ4n) is 2.19. The van der Waals surface area contributed by atoms with Gasteiger partial charge in [0.15, 0.2) is 0 Å². The van der Waals surface area contributed by atoms with E-state index in [0.717, 1.165) is 22.6 Å². The Morgan fingerprint density at radius 2 is 1.89 bits per heavy atom. The second-order valence-corrected chi connectivity index (χ2v) is 4.33. The van der Waals surface area contributed by atoms with Crippen LogP contribution in [0.5, 0.6) is 0 Å². The van der Waals surface area contributed by atoms with E-state index in [1.165, 1.54) is 0 Å². The van der Waals surface area contributed by atoms with Crippen molar-refractivity contribution in [2.75, 3.05) is 0 Å². The molecule has 2 aromatic rings. The van der Waals surface area contributed by atoms with Gasteiger partial charge in [0.05, 0.1) is 29.1 Å². The van der Waals surface area contributed by atoms with Crippen LogP contribution in [0.25, 0.3) is 5.69 Å². The minimum atomic E-state index is -0.530. The van der Waals surface area contributed by atoms with Gasteiger partial charge in [-0.15, -0.1) is 0 Å². The lowest BCUT2D eigenvalue weighted by molar-refractivity contribution is 0.198. The average molecular weight is 241 g/mol. The van der Waals surface area contributed by atoms with Crippen LogP contribution in [0.15, 0.2) is 24.3 Å². The summed E-state index contributed by atoms with van der Waals surface area (Å²) in [6, 6.07) is 9.30. The Balaban J connectivity index is 2.51. The lowest BCUT2D eigenvalue weighted by Gasteiger charge is -2.07. The molecule has 0 saturated carbocycles. The minimum absolute atomic E-state index is 0.530. The normalized spacial score (nSPS) is 12.2. The highest BCUT2D eigenvalue weighted by Gasteiger charge is 2.16. The van der Waals surface area contributed by atoms with Crippen LogP contribution in [-0.2, 0) is 0 Å². The van der Waals surface area contributed by atoms with E-state index >= 15 is 0 Å². The van der Waals surface area contributed by atoms with Crippen LogP contribution >= 0.6 is 0 Å². The first kappa shape index (κ1) is 12.3. The zero-order valence-electron chi connectivity index (χ0n) is 10.7. The molecule has 0 amide bonds. The molecule has 0 aliphatic carbocycles. The summed E-state index contributed by atoms with van der Waals surface area (Å²) in [6.07, 6.45) is -0.530. The van der Waals surface area contributed by atoms with Crippen molar-refractivity contribution in [2.45, 2.75) is 26.9 Å². The monoisotopic (exact) mass is 241 g/mol. The second kappa shape index (κ2) is 4.63. The lowest BCUT2D eigenvalue weighted by Crippen LogP contribution is -2.00. The maximum atomic E-state index is 9.73. The fraction of sp³-hybridized carbons (Fsp3) is 0.286. The van der Waals surface area contributed by atoms with Crippen molar-refractivity contribution in [1.82, 2.24) is 9.78 Å². The number of benzene rings is 1. The van der Waals surface area contributed by atoms with Crippen molar-refractivity contribution in [1.29, 1.82) is 5.26 Å². The summed E-state index contributed by atoms with van der Waals surface area (Å²) < 4.78 is 1.79. The Morgan fingerprint density at radius 1 is 1.28 bits per heavy atom. The van der Waals surface area contributed by atoms with Gasteiger partial charge in [0.2, 0.25) is 0 Å². The first-order valence-electron chi connectivity index (χ1n) is 5.79. The molecule has 0 radical (unpaired) electrons. The second-order valence-electron chi connectivity index (χ2n) is 4.33. The number of aliphatic hydroxyl groups is 1. The predicted octanol–water partition coefficient (Wildman–Crippen LogP) is 2.41. The predicted molar refractivity (Wildman–Crippen MR) is 68.4 cm³/mol. The summed E-state index contributed by atoms with van der Waals surface area (Å²) >= 11 is 0. The largest absolute Gasteiger partial charge is 0.389 e. The number of hydrogen-bond donors (Lipinski definition) is 1. The molecule has 1 unspecified atom stereocenters. The van der Waals surface area contributed by atoms with Gasteiger partial charge in [-0.2, -0.15) is 10.4 Å². The van der Waals surface area contributed by atoms with Crippen molar-refractivity contribution in [3.63, 3.8) is 0 Å². The maximum Gasteiger partial charge on any atom is 0.0991 e. The standard InChI is InChI=1S/C14H15N3O/c1-9-14(11(3)18)10(2)17(16-9)13-6-4-12(8-15)5-7-13/h4-7,11,18H,1-3H3. The van der Waals surface area contributed by atoms with Crippen molar-refractivity contribution >= 4 is 0 Å². The van der Waals surface area contributed by atoms with E-state index in [4.69, 9.17) is 5.26 Å². The molecule has 92 valence electrons. The number of aliphatic hydroxyl groups excluding tert-OH is 1. The minimum Gasteiger partial charge on any atom is -0.389 e. The van der Waals surface area contributed by atoms with E-state index in [0.29, 0.717) is 5.56 Å². The van der Waals surface area contributed by atoms with Crippen molar-refractivity contribution < 1.29 is 5.11 Å². The first-order valence-corrected chi connectivity index (χ1v) is 5.79. The van der Waals surface area contributed by atoms with Gasteiger partial charge in [-0.3, -0.25) is 0 Å². The van der Waals surface area contributed by atoms with Crippen LogP contribution in [0, 0.1) is 25.2 Å².